The molecule has 0 unspecified atom stereocenters. The van der Waals surface area contributed by atoms with Crippen molar-refractivity contribution in [3.05, 3.63) is 54.1 Å². The quantitative estimate of drug-likeness (QED) is 0.857. The van der Waals surface area contributed by atoms with Crippen LogP contribution in [0.25, 0.3) is 0 Å². The van der Waals surface area contributed by atoms with Gasteiger partial charge in [0, 0.05) is 13.0 Å². The zero-order valence-corrected chi connectivity index (χ0v) is 12.6. The Balaban J connectivity index is 2.13. The number of anilines is 1. The minimum atomic E-state index is -3.58. The molecule has 3 rings (SSSR count). The van der Waals surface area contributed by atoms with Crippen molar-refractivity contribution >= 4 is 15.7 Å². The minimum Gasteiger partial charge on any atom is -0.491 e. The molecule has 0 saturated carbocycles. The number of benzene rings is 2. The molecule has 0 radical (unpaired) electrons. The molecule has 0 aliphatic carbocycles. The monoisotopic (exact) mass is 303 g/mol. The first-order valence-corrected chi connectivity index (χ1v) is 8.35. The number of para-hydroxylation sites is 2. The number of aryl methyl sites for hydroxylation is 1. The molecular formula is C16H17NO3S. The first-order chi connectivity index (χ1) is 10.1. The van der Waals surface area contributed by atoms with E-state index in [2.05, 4.69) is 0 Å². The molecule has 0 saturated heterocycles. The molecule has 0 spiro atoms. The van der Waals surface area contributed by atoms with E-state index in [4.69, 9.17) is 4.74 Å². The molecule has 0 aromatic heterocycles. The van der Waals surface area contributed by atoms with Gasteiger partial charge in [-0.15, -0.1) is 0 Å². The highest BCUT2D eigenvalue weighted by molar-refractivity contribution is 7.92. The third-order valence-electron chi connectivity index (χ3n) is 3.56. The highest BCUT2D eigenvalue weighted by Gasteiger charge is 2.29. The van der Waals surface area contributed by atoms with Gasteiger partial charge in [0.15, 0.2) is 0 Å². The summed E-state index contributed by atoms with van der Waals surface area (Å²) in [6.07, 6.45) is 0.666. The zero-order chi connectivity index (χ0) is 14.9. The third kappa shape index (κ3) is 2.49. The van der Waals surface area contributed by atoms with E-state index in [0.717, 1.165) is 5.56 Å². The van der Waals surface area contributed by atoms with Crippen LogP contribution in [0.5, 0.6) is 5.75 Å². The summed E-state index contributed by atoms with van der Waals surface area (Å²) in [4.78, 5) is 0.349. The van der Waals surface area contributed by atoms with E-state index in [9.17, 15) is 8.42 Å². The fourth-order valence-electron chi connectivity index (χ4n) is 2.51. The molecule has 5 heteroatoms. The van der Waals surface area contributed by atoms with Crippen molar-refractivity contribution in [3.63, 3.8) is 0 Å². The van der Waals surface area contributed by atoms with Crippen LogP contribution in [-0.4, -0.2) is 21.6 Å². The fourth-order valence-corrected chi connectivity index (χ4v) is 4.25. The van der Waals surface area contributed by atoms with Gasteiger partial charge in [-0.2, -0.15) is 0 Å². The normalized spacial score (nSPS) is 15.0. The molecule has 2 aromatic carbocycles. The molecule has 1 aliphatic heterocycles. The van der Waals surface area contributed by atoms with Crippen LogP contribution < -0.4 is 9.04 Å². The van der Waals surface area contributed by atoms with Crippen LogP contribution >= 0.6 is 0 Å². The maximum atomic E-state index is 13.0. The summed E-state index contributed by atoms with van der Waals surface area (Å²) in [7, 11) is -3.58. The van der Waals surface area contributed by atoms with Crippen molar-refractivity contribution in [2.45, 2.75) is 18.2 Å². The minimum absolute atomic E-state index is 0.349. The van der Waals surface area contributed by atoms with E-state index in [1.54, 1.807) is 24.3 Å². The van der Waals surface area contributed by atoms with E-state index >= 15 is 0 Å². The molecule has 1 aliphatic rings. The number of sulfonamides is 1. The summed E-state index contributed by atoms with van der Waals surface area (Å²) in [6.45, 7) is 2.76. The highest BCUT2D eigenvalue weighted by Crippen LogP contribution is 2.34. The van der Waals surface area contributed by atoms with Crippen molar-refractivity contribution in [1.29, 1.82) is 0 Å². The van der Waals surface area contributed by atoms with Crippen LogP contribution in [0.1, 0.15) is 12.0 Å². The van der Waals surface area contributed by atoms with Crippen molar-refractivity contribution in [2.24, 2.45) is 0 Å². The van der Waals surface area contributed by atoms with Crippen LogP contribution in [0.4, 0.5) is 5.69 Å². The van der Waals surface area contributed by atoms with Gasteiger partial charge in [-0.05, 0) is 30.7 Å². The average molecular weight is 303 g/mol. The Morgan fingerprint density at radius 2 is 1.76 bits per heavy atom. The van der Waals surface area contributed by atoms with Crippen LogP contribution in [0.2, 0.25) is 0 Å². The van der Waals surface area contributed by atoms with E-state index in [-0.39, 0.29) is 0 Å². The van der Waals surface area contributed by atoms with Gasteiger partial charge in [-0.25, -0.2) is 8.42 Å². The predicted molar refractivity (Wildman–Crippen MR) is 82.3 cm³/mol. The van der Waals surface area contributed by atoms with Crippen molar-refractivity contribution in [2.75, 3.05) is 17.5 Å². The molecule has 0 amide bonds. The van der Waals surface area contributed by atoms with Crippen LogP contribution in [0.15, 0.2) is 53.4 Å². The van der Waals surface area contributed by atoms with Crippen LogP contribution in [0.3, 0.4) is 0 Å². The van der Waals surface area contributed by atoms with E-state index in [1.165, 1.54) is 4.31 Å². The Hall–Kier alpha value is -2.01. The Morgan fingerprint density at radius 1 is 1.05 bits per heavy atom. The second-order valence-corrected chi connectivity index (χ2v) is 6.84. The lowest BCUT2D eigenvalue weighted by Gasteiger charge is -2.24. The standard InChI is InChI=1S/C16H17NO3S/c1-13-7-2-5-10-16(13)21(18,19)17-11-6-12-20-15-9-4-3-8-14(15)17/h2-5,7-10H,6,11-12H2,1H3. The number of hydrogen-bond donors (Lipinski definition) is 0. The maximum absolute atomic E-state index is 13.0. The molecule has 2 aromatic rings. The molecule has 0 atom stereocenters. The second-order valence-electron chi connectivity index (χ2n) is 5.01. The SMILES string of the molecule is Cc1ccccc1S(=O)(=O)N1CCCOc2ccccc21. The second kappa shape index (κ2) is 5.41. The Kier molecular flexibility index (Phi) is 3.59. The number of nitrogens with zero attached hydrogens (tertiary/aromatic N) is 1. The van der Waals surface area contributed by atoms with Gasteiger partial charge >= 0.3 is 0 Å². The summed E-state index contributed by atoms with van der Waals surface area (Å²) in [5, 5.41) is 0. The number of ether oxygens (including phenoxy) is 1. The van der Waals surface area contributed by atoms with Crippen LogP contribution in [-0.2, 0) is 10.0 Å². The smallest absolute Gasteiger partial charge is 0.264 e. The lowest BCUT2D eigenvalue weighted by Crippen LogP contribution is -2.32. The molecule has 0 N–H and O–H groups in total. The van der Waals surface area contributed by atoms with E-state index < -0.39 is 10.0 Å². The topological polar surface area (TPSA) is 46.6 Å². The molecular weight excluding hydrogens is 286 g/mol. The third-order valence-corrected chi connectivity index (χ3v) is 5.53. The van der Waals surface area contributed by atoms with Gasteiger partial charge in [0.25, 0.3) is 10.0 Å². The summed E-state index contributed by atoms with van der Waals surface area (Å²) < 4.78 is 33.1. The molecule has 4 nitrogen and oxygen atoms in total. The summed E-state index contributed by atoms with van der Waals surface area (Å²) in [5.74, 6) is 0.618. The van der Waals surface area contributed by atoms with Crippen molar-refractivity contribution in [1.82, 2.24) is 0 Å². The van der Waals surface area contributed by atoms with Crippen molar-refractivity contribution < 1.29 is 13.2 Å². The predicted octanol–water partition coefficient (Wildman–Crippen LogP) is 2.97. The number of rotatable bonds is 2. The largest absolute Gasteiger partial charge is 0.491 e. The Bertz CT molecular complexity index is 756. The van der Waals surface area contributed by atoms with E-state index in [0.29, 0.717) is 35.9 Å². The Labute approximate surface area is 125 Å². The maximum Gasteiger partial charge on any atom is 0.264 e. The lowest BCUT2D eigenvalue weighted by molar-refractivity contribution is 0.322. The van der Waals surface area contributed by atoms with Gasteiger partial charge in [0.1, 0.15) is 5.75 Å². The zero-order valence-electron chi connectivity index (χ0n) is 11.8. The Morgan fingerprint density at radius 3 is 2.57 bits per heavy atom. The fraction of sp³-hybridized carbons (Fsp3) is 0.250. The highest BCUT2D eigenvalue weighted by atomic mass is 32.2. The first-order valence-electron chi connectivity index (χ1n) is 6.91. The molecule has 21 heavy (non-hydrogen) atoms. The summed E-state index contributed by atoms with van der Waals surface area (Å²) in [5.41, 5.74) is 1.36. The molecule has 1 heterocycles. The number of fused-ring (bicyclic) bond motifs is 1. The number of hydrogen-bond acceptors (Lipinski definition) is 3. The lowest BCUT2D eigenvalue weighted by atomic mass is 10.2. The van der Waals surface area contributed by atoms with Crippen molar-refractivity contribution in [3.8, 4) is 5.75 Å². The average Bonchev–Trinajstić information content (AvgIpc) is 2.70. The summed E-state index contributed by atoms with van der Waals surface area (Å²) in [6, 6.07) is 14.3. The van der Waals surface area contributed by atoms with Gasteiger partial charge < -0.3 is 4.74 Å². The molecule has 110 valence electrons. The van der Waals surface area contributed by atoms with Gasteiger partial charge in [0.05, 0.1) is 17.2 Å². The first kappa shape index (κ1) is 13.9. The van der Waals surface area contributed by atoms with Gasteiger partial charge in [-0.1, -0.05) is 30.3 Å². The summed E-state index contributed by atoms with van der Waals surface area (Å²) >= 11 is 0. The van der Waals surface area contributed by atoms with Crippen LogP contribution in [0, 0.1) is 6.92 Å². The van der Waals surface area contributed by atoms with Gasteiger partial charge in [-0.3, -0.25) is 4.31 Å². The molecule has 0 fully saturated rings. The molecule has 0 bridgehead atoms. The van der Waals surface area contributed by atoms with E-state index in [1.807, 2.05) is 31.2 Å². The van der Waals surface area contributed by atoms with Gasteiger partial charge in [0.2, 0.25) is 0 Å².